The smallest absolute Gasteiger partial charge is 0.409 e. The number of aromatic nitrogens is 1. The van der Waals surface area contributed by atoms with E-state index in [0.717, 1.165) is 41.8 Å². The first-order valence-corrected chi connectivity index (χ1v) is 12.1. The summed E-state index contributed by atoms with van der Waals surface area (Å²) in [5.41, 5.74) is 3.99. The Bertz CT molecular complexity index is 1320. The summed E-state index contributed by atoms with van der Waals surface area (Å²) in [5.74, 6) is -0.204. The van der Waals surface area contributed by atoms with Crippen LogP contribution in [-0.4, -0.2) is 35.5 Å². The molecule has 0 atom stereocenters. The molecule has 0 fully saturated rings. The van der Waals surface area contributed by atoms with Crippen LogP contribution in [0.15, 0.2) is 60.7 Å². The summed E-state index contributed by atoms with van der Waals surface area (Å²) in [5, 5.41) is 4.70. The van der Waals surface area contributed by atoms with E-state index in [4.69, 9.17) is 9.72 Å². The highest BCUT2D eigenvalue weighted by atomic mass is 32.1. The van der Waals surface area contributed by atoms with Crippen molar-refractivity contribution in [2.75, 3.05) is 19.0 Å². The predicted octanol–water partition coefficient (Wildman–Crippen LogP) is 5.80. The molecule has 166 valence electrons. The third kappa shape index (κ3) is 4.40. The van der Waals surface area contributed by atoms with Crippen molar-refractivity contribution < 1.29 is 14.3 Å². The second-order valence-electron chi connectivity index (χ2n) is 7.57. The lowest BCUT2D eigenvalue weighted by molar-refractivity contribution is -0.111. The Morgan fingerprint density at radius 1 is 1.09 bits per heavy atom. The highest BCUT2D eigenvalue weighted by molar-refractivity contribution is 7.23. The molecular weight excluding hydrogens is 454 g/mol. The van der Waals surface area contributed by atoms with Crippen molar-refractivity contribution in [3.8, 4) is 10.6 Å². The third-order valence-corrected chi connectivity index (χ3v) is 7.65. The van der Waals surface area contributed by atoms with Gasteiger partial charge in [-0.2, -0.15) is 0 Å². The molecule has 0 spiro atoms. The van der Waals surface area contributed by atoms with Gasteiger partial charge in [-0.3, -0.25) is 4.79 Å². The van der Waals surface area contributed by atoms with Crippen LogP contribution in [0.2, 0.25) is 0 Å². The minimum atomic E-state index is -0.341. The molecule has 2 amide bonds. The van der Waals surface area contributed by atoms with Crippen molar-refractivity contribution in [3.63, 3.8) is 0 Å². The van der Waals surface area contributed by atoms with Crippen LogP contribution in [-0.2, 0) is 22.5 Å². The third-order valence-electron chi connectivity index (χ3n) is 5.46. The average molecular weight is 476 g/mol. The van der Waals surface area contributed by atoms with Gasteiger partial charge >= 0.3 is 6.09 Å². The van der Waals surface area contributed by atoms with Crippen molar-refractivity contribution in [1.29, 1.82) is 0 Å². The van der Waals surface area contributed by atoms with Crippen molar-refractivity contribution in [2.45, 2.75) is 13.0 Å². The number of carbonyl (C=O) groups excluding carboxylic acids is 2. The number of hydrogen-bond acceptors (Lipinski definition) is 6. The van der Waals surface area contributed by atoms with E-state index in [0.29, 0.717) is 19.5 Å². The highest BCUT2D eigenvalue weighted by Gasteiger charge is 2.29. The van der Waals surface area contributed by atoms with Crippen LogP contribution in [0.4, 0.5) is 9.80 Å². The molecule has 2 aromatic carbocycles. The fourth-order valence-electron chi connectivity index (χ4n) is 3.87. The summed E-state index contributed by atoms with van der Waals surface area (Å²) >= 11 is 3.11. The van der Waals surface area contributed by atoms with Crippen LogP contribution in [0.25, 0.3) is 26.9 Å². The quantitative estimate of drug-likeness (QED) is 0.379. The standard InChI is InChI=1S/C25H21N3O3S2/c1-31-25(30)28-14-13-17-20(15-28)33-24(27-21(29)12-11-16-7-3-2-4-8-16)22(17)23-26-18-9-5-6-10-19(18)32-23/h2-12H,13-15H2,1H3,(H,27,29)/b12-11+. The van der Waals surface area contributed by atoms with Crippen molar-refractivity contribution in [1.82, 2.24) is 9.88 Å². The van der Waals surface area contributed by atoms with Crippen molar-refractivity contribution >= 4 is 56.0 Å². The molecule has 5 rings (SSSR count). The maximum absolute atomic E-state index is 12.8. The largest absolute Gasteiger partial charge is 0.453 e. The Morgan fingerprint density at radius 2 is 1.88 bits per heavy atom. The Balaban J connectivity index is 1.51. The van der Waals surface area contributed by atoms with E-state index >= 15 is 0 Å². The maximum Gasteiger partial charge on any atom is 0.409 e. The second-order valence-corrected chi connectivity index (χ2v) is 9.71. The normalized spacial score (nSPS) is 13.3. The lowest BCUT2D eigenvalue weighted by Crippen LogP contribution is -2.35. The van der Waals surface area contributed by atoms with E-state index in [2.05, 4.69) is 11.4 Å². The summed E-state index contributed by atoms with van der Waals surface area (Å²) in [4.78, 5) is 32.4. The molecule has 1 N–H and O–H groups in total. The molecule has 6 nitrogen and oxygen atoms in total. The fourth-order valence-corrected chi connectivity index (χ4v) is 6.25. The number of methoxy groups -OCH3 is 1. The summed E-state index contributed by atoms with van der Waals surface area (Å²) < 4.78 is 6.01. The SMILES string of the molecule is COC(=O)N1CCc2c(sc(NC(=O)/C=C/c3ccccc3)c2-c2nc3ccccc3s2)C1. The molecule has 1 aliphatic heterocycles. The van der Waals surface area contributed by atoms with E-state index in [1.54, 1.807) is 22.3 Å². The van der Waals surface area contributed by atoms with Crippen LogP contribution < -0.4 is 5.32 Å². The van der Waals surface area contributed by atoms with Gasteiger partial charge in [-0.25, -0.2) is 9.78 Å². The van der Waals surface area contributed by atoms with Gasteiger partial charge in [0, 0.05) is 23.1 Å². The number of anilines is 1. The topological polar surface area (TPSA) is 71.5 Å². The van der Waals surface area contributed by atoms with E-state index in [1.807, 2.05) is 48.5 Å². The van der Waals surface area contributed by atoms with Crippen LogP contribution in [0.1, 0.15) is 16.0 Å². The second kappa shape index (κ2) is 9.17. The summed E-state index contributed by atoms with van der Waals surface area (Å²) in [6, 6.07) is 17.7. The van der Waals surface area contributed by atoms with Gasteiger partial charge in [0.1, 0.15) is 10.0 Å². The van der Waals surface area contributed by atoms with Gasteiger partial charge in [0.2, 0.25) is 5.91 Å². The zero-order chi connectivity index (χ0) is 22.8. The zero-order valence-corrected chi connectivity index (χ0v) is 19.5. The van der Waals surface area contributed by atoms with E-state index in [1.165, 1.54) is 24.5 Å². The fraction of sp³-hybridized carbons (Fsp3) is 0.160. The summed E-state index contributed by atoms with van der Waals surface area (Å²) in [6.45, 7) is 1.02. The van der Waals surface area contributed by atoms with Crippen molar-refractivity contribution in [3.05, 3.63) is 76.7 Å². The van der Waals surface area contributed by atoms with Gasteiger partial charge in [0.05, 0.1) is 23.9 Å². The predicted molar refractivity (Wildman–Crippen MR) is 134 cm³/mol. The molecule has 1 aliphatic rings. The number of nitrogens with one attached hydrogen (secondary N) is 1. The van der Waals surface area contributed by atoms with Crippen molar-refractivity contribution in [2.24, 2.45) is 0 Å². The number of thiazole rings is 1. The molecule has 0 saturated carbocycles. The highest BCUT2D eigenvalue weighted by Crippen LogP contribution is 2.45. The Hall–Kier alpha value is -3.49. The Kier molecular flexibility index (Phi) is 5.93. The van der Waals surface area contributed by atoms with Crippen LogP contribution in [0.3, 0.4) is 0 Å². The first-order chi connectivity index (χ1) is 16.1. The van der Waals surface area contributed by atoms with E-state index < -0.39 is 0 Å². The molecule has 33 heavy (non-hydrogen) atoms. The summed E-state index contributed by atoms with van der Waals surface area (Å²) in [6.07, 6.45) is 3.67. The van der Waals surface area contributed by atoms with E-state index in [-0.39, 0.29) is 12.0 Å². The molecule has 0 unspecified atom stereocenters. The van der Waals surface area contributed by atoms with Gasteiger partial charge in [-0.1, -0.05) is 42.5 Å². The molecule has 0 radical (unpaired) electrons. The Labute approximate surface area is 199 Å². The van der Waals surface area contributed by atoms with Gasteiger partial charge in [-0.15, -0.1) is 22.7 Å². The monoisotopic (exact) mass is 475 g/mol. The maximum atomic E-state index is 12.8. The van der Waals surface area contributed by atoms with Gasteiger partial charge in [0.15, 0.2) is 0 Å². The molecule has 8 heteroatoms. The Morgan fingerprint density at radius 3 is 2.67 bits per heavy atom. The number of amides is 2. The summed E-state index contributed by atoms with van der Waals surface area (Å²) in [7, 11) is 1.39. The van der Waals surface area contributed by atoms with Gasteiger partial charge in [-0.05, 0) is 35.8 Å². The number of rotatable bonds is 4. The molecular formula is C25H21N3O3S2. The number of para-hydroxylation sites is 1. The minimum absolute atomic E-state index is 0.204. The minimum Gasteiger partial charge on any atom is -0.453 e. The number of carbonyl (C=O) groups is 2. The molecule has 2 aromatic heterocycles. The molecule has 0 aliphatic carbocycles. The molecule has 0 bridgehead atoms. The lowest BCUT2D eigenvalue weighted by atomic mass is 10.0. The number of nitrogens with zero attached hydrogens (tertiary/aromatic N) is 2. The van der Waals surface area contributed by atoms with Gasteiger partial charge < -0.3 is 15.0 Å². The first-order valence-electron chi connectivity index (χ1n) is 10.5. The van der Waals surface area contributed by atoms with E-state index in [9.17, 15) is 9.59 Å². The lowest BCUT2D eigenvalue weighted by Gasteiger charge is -2.25. The number of ether oxygens (including phenoxy) is 1. The molecule has 0 saturated heterocycles. The van der Waals surface area contributed by atoms with Crippen LogP contribution >= 0.6 is 22.7 Å². The zero-order valence-electron chi connectivity index (χ0n) is 17.9. The average Bonchev–Trinajstić information content (AvgIpc) is 3.42. The van der Waals surface area contributed by atoms with Crippen LogP contribution in [0.5, 0.6) is 0 Å². The van der Waals surface area contributed by atoms with Crippen LogP contribution in [0, 0.1) is 0 Å². The molecule has 4 aromatic rings. The molecule has 3 heterocycles. The number of fused-ring (bicyclic) bond motifs is 2. The van der Waals surface area contributed by atoms with Gasteiger partial charge in [0.25, 0.3) is 0 Å². The first kappa shape index (κ1) is 21.4. The number of thiophene rings is 1. The number of benzene rings is 2. The number of hydrogen-bond donors (Lipinski definition) is 1.